The van der Waals surface area contributed by atoms with Gasteiger partial charge in [0.25, 0.3) is 0 Å². The Bertz CT molecular complexity index is 849. The molecule has 0 unspecified atom stereocenters. The predicted octanol–water partition coefficient (Wildman–Crippen LogP) is 3.96. The molecule has 5 nitrogen and oxygen atoms in total. The highest BCUT2D eigenvalue weighted by molar-refractivity contribution is 7.10. The van der Waals surface area contributed by atoms with Crippen molar-refractivity contribution in [2.24, 2.45) is 0 Å². The number of aliphatic hydroxyl groups is 1. The molecule has 0 bridgehead atoms. The summed E-state index contributed by atoms with van der Waals surface area (Å²) in [4.78, 5) is 18.7. The number of carbonyl (C=O) groups is 1. The Balaban J connectivity index is 1.75. The molecule has 2 atom stereocenters. The van der Waals surface area contributed by atoms with Gasteiger partial charge in [-0.05, 0) is 68.8 Å². The molecule has 2 heterocycles. The van der Waals surface area contributed by atoms with Crippen molar-refractivity contribution in [3.63, 3.8) is 0 Å². The van der Waals surface area contributed by atoms with Crippen LogP contribution < -0.4 is 4.74 Å². The van der Waals surface area contributed by atoms with Crippen LogP contribution in [0.2, 0.25) is 0 Å². The zero-order valence-corrected chi connectivity index (χ0v) is 19.4. The molecule has 1 aromatic heterocycles. The van der Waals surface area contributed by atoms with E-state index >= 15 is 0 Å². The van der Waals surface area contributed by atoms with Crippen LogP contribution in [0.4, 0.5) is 0 Å². The first-order valence-electron chi connectivity index (χ1n) is 10.8. The minimum Gasteiger partial charge on any atom is -0.491 e. The van der Waals surface area contributed by atoms with E-state index in [2.05, 4.69) is 49.3 Å². The Labute approximate surface area is 184 Å². The van der Waals surface area contributed by atoms with E-state index in [0.717, 1.165) is 30.7 Å². The average Bonchev–Trinajstić information content (AvgIpc) is 3.15. The average molecular weight is 431 g/mol. The standard InChI is InChI=1S/C24H34N2O3S/c1-5-10-25(14-19(4)27)15-24(28)26-11-8-23-20(9-12-30-23)21(26)16-29-22-7-6-17(2)13-18(22)3/h6-7,9,12-13,19,21,27H,5,8,10-11,14-16H2,1-4H3/t19-,21-/m0/s1. The Morgan fingerprint density at radius 3 is 2.87 bits per heavy atom. The van der Waals surface area contributed by atoms with Crippen molar-refractivity contribution in [3.8, 4) is 5.75 Å². The van der Waals surface area contributed by atoms with Gasteiger partial charge in [-0.3, -0.25) is 9.69 Å². The highest BCUT2D eigenvalue weighted by Gasteiger charge is 2.33. The Kier molecular flexibility index (Phi) is 7.92. The molecule has 0 spiro atoms. The van der Waals surface area contributed by atoms with Crippen molar-refractivity contribution in [2.45, 2.75) is 52.7 Å². The van der Waals surface area contributed by atoms with Crippen LogP contribution in [-0.4, -0.2) is 59.7 Å². The lowest BCUT2D eigenvalue weighted by atomic mass is 10.00. The summed E-state index contributed by atoms with van der Waals surface area (Å²) >= 11 is 1.76. The molecule has 3 rings (SSSR count). The van der Waals surface area contributed by atoms with Gasteiger partial charge >= 0.3 is 0 Å². The number of fused-ring (bicyclic) bond motifs is 1. The van der Waals surface area contributed by atoms with Crippen LogP contribution in [0.3, 0.4) is 0 Å². The molecule has 0 saturated carbocycles. The second kappa shape index (κ2) is 10.4. The summed E-state index contributed by atoms with van der Waals surface area (Å²) in [5.41, 5.74) is 3.53. The first-order valence-corrected chi connectivity index (χ1v) is 11.7. The quantitative estimate of drug-likeness (QED) is 0.654. The molecule has 164 valence electrons. The van der Waals surface area contributed by atoms with E-state index in [4.69, 9.17) is 4.74 Å². The predicted molar refractivity (Wildman–Crippen MR) is 122 cm³/mol. The molecule has 1 N–H and O–H groups in total. The number of benzene rings is 1. The number of thiophene rings is 1. The third kappa shape index (κ3) is 5.62. The minimum atomic E-state index is -0.446. The number of aryl methyl sites for hydroxylation is 2. The summed E-state index contributed by atoms with van der Waals surface area (Å²) < 4.78 is 6.21. The third-order valence-corrected chi connectivity index (χ3v) is 6.56. The number of ether oxygens (including phenoxy) is 1. The summed E-state index contributed by atoms with van der Waals surface area (Å²) in [6.45, 7) is 10.8. The van der Waals surface area contributed by atoms with Crippen LogP contribution in [0.15, 0.2) is 29.6 Å². The Morgan fingerprint density at radius 1 is 1.37 bits per heavy atom. The molecule has 1 amide bonds. The highest BCUT2D eigenvalue weighted by Crippen LogP contribution is 2.34. The first-order chi connectivity index (χ1) is 14.4. The highest BCUT2D eigenvalue weighted by atomic mass is 32.1. The zero-order chi connectivity index (χ0) is 21.7. The summed E-state index contributed by atoms with van der Waals surface area (Å²) in [6.07, 6.45) is 1.40. The molecular weight excluding hydrogens is 396 g/mol. The molecule has 0 aliphatic carbocycles. The van der Waals surface area contributed by atoms with Crippen LogP contribution in [0, 0.1) is 13.8 Å². The molecule has 2 aromatic rings. The fourth-order valence-corrected chi connectivity index (χ4v) is 5.14. The molecule has 1 aliphatic heterocycles. The number of amides is 1. The topological polar surface area (TPSA) is 53.0 Å². The van der Waals surface area contributed by atoms with Crippen molar-refractivity contribution >= 4 is 17.2 Å². The molecule has 1 aliphatic rings. The minimum absolute atomic E-state index is 0.0803. The molecule has 0 radical (unpaired) electrons. The molecule has 1 aromatic carbocycles. The number of nitrogens with zero attached hydrogens (tertiary/aromatic N) is 2. The maximum atomic E-state index is 13.3. The molecule has 0 saturated heterocycles. The smallest absolute Gasteiger partial charge is 0.237 e. The summed E-state index contributed by atoms with van der Waals surface area (Å²) in [5.74, 6) is 0.979. The van der Waals surface area contributed by atoms with Gasteiger partial charge in [-0.2, -0.15) is 0 Å². The van der Waals surface area contributed by atoms with Gasteiger partial charge in [0.05, 0.1) is 18.7 Å². The summed E-state index contributed by atoms with van der Waals surface area (Å²) in [5, 5.41) is 11.9. The van der Waals surface area contributed by atoms with Gasteiger partial charge in [-0.15, -0.1) is 11.3 Å². The maximum Gasteiger partial charge on any atom is 0.237 e. The molecule has 0 fully saturated rings. The molecule has 30 heavy (non-hydrogen) atoms. The van der Waals surface area contributed by atoms with Crippen molar-refractivity contribution in [1.29, 1.82) is 0 Å². The van der Waals surface area contributed by atoms with Crippen LogP contribution in [0.1, 0.15) is 47.9 Å². The zero-order valence-electron chi connectivity index (χ0n) is 18.6. The third-order valence-electron chi connectivity index (χ3n) is 5.56. The number of hydrogen-bond acceptors (Lipinski definition) is 5. The van der Waals surface area contributed by atoms with Crippen LogP contribution in [0.25, 0.3) is 0 Å². The largest absolute Gasteiger partial charge is 0.491 e. The normalized spacial score (nSPS) is 17.1. The van der Waals surface area contributed by atoms with E-state index in [1.165, 1.54) is 16.0 Å². The van der Waals surface area contributed by atoms with Crippen molar-refractivity contribution in [3.05, 3.63) is 51.2 Å². The van der Waals surface area contributed by atoms with E-state index in [0.29, 0.717) is 26.2 Å². The van der Waals surface area contributed by atoms with Crippen molar-refractivity contribution in [1.82, 2.24) is 9.80 Å². The Morgan fingerprint density at radius 2 is 2.17 bits per heavy atom. The lowest BCUT2D eigenvalue weighted by molar-refractivity contribution is -0.136. The second-order valence-electron chi connectivity index (χ2n) is 8.32. The van der Waals surface area contributed by atoms with Crippen molar-refractivity contribution in [2.75, 3.05) is 32.8 Å². The molecule has 6 heteroatoms. The van der Waals surface area contributed by atoms with E-state index < -0.39 is 6.10 Å². The van der Waals surface area contributed by atoms with Gasteiger partial charge in [-0.1, -0.05) is 24.6 Å². The fourth-order valence-electron chi connectivity index (χ4n) is 4.21. The van der Waals surface area contributed by atoms with E-state index in [1.54, 1.807) is 18.3 Å². The lowest BCUT2D eigenvalue weighted by Crippen LogP contribution is -2.47. The van der Waals surface area contributed by atoms with Gasteiger partial charge < -0.3 is 14.7 Å². The maximum absolute atomic E-state index is 13.3. The number of rotatable bonds is 9. The summed E-state index contributed by atoms with van der Waals surface area (Å²) in [6, 6.07) is 8.24. The van der Waals surface area contributed by atoms with E-state index in [1.807, 2.05) is 11.0 Å². The van der Waals surface area contributed by atoms with E-state index in [-0.39, 0.29) is 11.9 Å². The molecular formula is C24H34N2O3S. The fraction of sp³-hybridized carbons (Fsp3) is 0.542. The van der Waals surface area contributed by atoms with Gasteiger partial charge in [0.15, 0.2) is 0 Å². The number of hydrogen-bond donors (Lipinski definition) is 1. The Hall–Kier alpha value is -1.89. The second-order valence-corrected chi connectivity index (χ2v) is 9.32. The van der Waals surface area contributed by atoms with Gasteiger partial charge in [-0.25, -0.2) is 0 Å². The van der Waals surface area contributed by atoms with Crippen LogP contribution >= 0.6 is 11.3 Å². The van der Waals surface area contributed by atoms with Crippen LogP contribution in [-0.2, 0) is 11.2 Å². The van der Waals surface area contributed by atoms with E-state index in [9.17, 15) is 9.90 Å². The monoisotopic (exact) mass is 430 g/mol. The SMILES string of the molecule is CCCN(CC(=O)N1CCc2sccc2[C@@H]1COc1ccc(C)cc1C)C[C@H](C)O. The number of aliphatic hydroxyl groups excluding tert-OH is 1. The van der Waals surface area contributed by atoms with Crippen molar-refractivity contribution < 1.29 is 14.6 Å². The number of carbonyl (C=O) groups excluding carboxylic acids is 1. The summed E-state index contributed by atoms with van der Waals surface area (Å²) in [7, 11) is 0. The lowest BCUT2D eigenvalue weighted by Gasteiger charge is -2.37. The van der Waals surface area contributed by atoms with Gasteiger partial charge in [0.2, 0.25) is 5.91 Å². The first kappa shape index (κ1) is 22.8. The van der Waals surface area contributed by atoms with Gasteiger partial charge in [0, 0.05) is 18.0 Å². The van der Waals surface area contributed by atoms with Gasteiger partial charge in [0.1, 0.15) is 12.4 Å². The van der Waals surface area contributed by atoms with Crippen LogP contribution in [0.5, 0.6) is 5.75 Å².